The molecule has 2 fully saturated rings. The van der Waals surface area contributed by atoms with Crippen molar-refractivity contribution < 1.29 is 13.2 Å². The zero-order chi connectivity index (χ0) is 44.7. The first-order valence-corrected chi connectivity index (χ1v) is 24.5. The molecule has 6 aromatic carbocycles. The molecule has 12 rings (SSSR count). The van der Waals surface area contributed by atoms with Crippen LogP contribution in [0.1, 0.15) is 147 Å². The number of hydrogen-bond donors (Lipinski definition) is 0. The molecule has 1 nitrogen and oxygen atoms in total. The van der Waals surface area contributed by atoms with E-state index in [4.69, 9.17) is 0 Å². The molecule has 5 aliphatic carbocycles. The van der Waals surface area contributed by atoms with Gasteiger partial charge in [0, 0.05) is 28.7 Å². The van der Waals surface area contributed by atoms with Crippen LogP contribution in [-0.2, 0) is 25.4 Å². The number of alkyl halides is 3. The van der Waals surface area contributed by atoms with Crippen molar-refractivity contribution in [1.82, 2.24) is 0 Å². The van der Waals surface area contributed by atoms with Crippen LogP contribution in [0, 0.1) is 23.2 Å². The summed E-state index contributed by atoms with van der Waals surface area (Å²) in [6.45, 7) is 12.2. The van der Waals surface area contributed by atoms with Crippen LogP contribution in [0.15, 0.2) is 121 Å². The van der Waals surface area contributed by atoms with E-state index in [9.17, 15) is 13.2 Å². The molecule has 6 aromatic rings. The van der Waals surface area contributed by atoms with Crippen molar-refractivity contribution in [3.05, 3.63) is 177 Å². The largest absolute Gasteiger partial charge is 0.416 e. The molecular weight excluding hydrogens is 804 g/mol. The summed E-state index contributed by atoms with van der Waals surface area (Å²) >= 11 is 0. The fraction of sp³-hybridized carbons (Fsp3) is 0.377. The maximum absolute atomic E-state index is 13.7. The van der Waals surface area contributed by atoms with Crippen LogP contribution in [0.5, 0.6) is 0 Å². The summed E-state index contributed by atoms with van der Waals surface area (Å²) in [5.41, 5.74) is 18.0. The molecule has 65 heavy (non-hydrogen) atoms. The molecule has 330 valence electrons. The highest BCUT2D eigenvalue weighted by Crippen LogP contribution is 2.65. The molecule has 0 saturated heterocycles. The van der Waals surface area contributed by atoms with E-state index in [1.165, 1.54) is 122 Å². The van der Waals surface area contributed by atoms with E-state index in [2.05, 4.69) is 143 Å². The standard InChI is InChI=1S/C61H60F3N/c1-38-10-12-41(13-11-38)56-50-26-18-42(34-44(50)36-57(2)30-6-8-32-59(56,57)4)48-24-14-39-17-28-52-49(25-15-40-16-27-51(48)54(39)55(40)52)43-19-29-53-45(35-43)37-58(3)31-7-9-33-60(58,5)65(53)47-22-20-46(21-23-47)61(62,63)64/h10-16,18-29,34-35,49,56H,6-9,17,30-33,36-37H2,1-5H3. The number of nitrogens with zero attached hydrogens (tertiary/aromatic N) is 1. The lowest BCUT2D eigenvalue weighted by molar-refractivity contribution is -0.137. The van der Waals surface area contributed by atoms with Crippen molar-refractivity contribution in [2.75, 3.05) is 4.90 Å². The number of halogens is 3. The van der Waals surface area contributed by atoms with Crippen molar-refractivity contribution in [2.24, 2.45) is 16.2 Å². The summed E-state index contributed by atoms with van der Waals surface area (Å²) in [4.78, 5) is 2.40. The van der Waals surface area contributed by atoms with Gasteiger partial charge < -0.3 is 4.90 Å². The lowest BCUT2D eigenvalue weighted by Gasteiger charge is -2.60. The minimum Gasteiger partial charge on any atom is -0.335 e. The molecule has 0 aromatic heterocycles. The van der Waals surface area contributed by atoms with Gasteiger partial charge in [-0.2, -0.15) is 13.2 Å². The highest BCUT2D eigenvalue weighted by Gasteiger charge is 2.56. The number of aryl methyl sites for hydroxylation is 1. The fourth-order valence-corrected chi connectivity index (χ4v) is 14.5. The Labute approximate surface area is 383 Å². The first-order chi connectivity index (χ1) is 31.2. The second-order valence-electron chi connectivity index (χ2n) is 22.0. The number of benzene rings is 6. The van der Waals surface area contributed by atoms with Gasteiger partial charge in [0.1, 0.15) is 0 Å². The Morgan fingerprint density at radius 1 is 0.646 bits per heavy atom. The average Bonchev–Trinajstić information content (AvgIpc) is 3.29. The van der Waals surface area contributed by atoms with Crippen LogP contribution < -0.4 is 4.90 Å². The van der Waals surface area contributed by atoms with Crippen molar-refractivity contribution in [3.63, 3.8) is 0 Å². The van der Waals surface area contributed by atoms with Crippen molar-refractivity contribution >= 4 is 33.8 Å². The van der Waals surface area contributed by atoms with Crippen LogP contribution >= 0.6 is 0 Å². The molecule has 0 radical (unpaired) electrons. The molecule has 1 heterocycles. The molecule has 0 amide bonds. The molecule has 6 aliphatic rings. The molecule has 1 aliphatic heterocycles. The van der Waals surface area contributed by atoms with Gasteiger partial charge in [-0.3, -0.25) is 0 Å². The molecule has 0 bridgehead atoms. The third-order valence-electron chi connectivity index (χ3n) is 18.6. The number of allylic oxidation sites excluding steroid dienone is 3. The summed E-state index contributed by atoms with van der Waals surface area (Å²) in [6.07, 6.45) is 15.4. The van der Waals surface area contributed by atoms with Crippen LogP contribution in [-0.4, -0.2) is 5.54 Å². The Balaban J connectivity index is 0.931. The zero-order valence-corrected chi connectivity index (χ0v) is 38.6. The Hall–Kier alpha value is -5.35. The van der Waals surface area contributed by atoms with Crippen molar-refractivity contribution in [2.45, 2.75) is 129 Å². The topological polar surface area (TPSA) is 3.24 Å². The minimum atomic E-state index is -4.37. The van der Waals surface area contributed by atoms with Crippen LogP contribution in [0.2, 0.25) is 0 Å². The Kier molecular flexibility index (Phi) is 9.06. The van der Waals surface area contributed by atoms with Gasteiger partial charge >= 0.3 is 6.18 Å². The molecule has 0 N–H and O–H groups in total. The Morgan fingerprint density at radius 2 is 1.37 bits per heavy atom. The van der Waals surface area contributed by atoms with E-state index in [0.29, 0.717) is 5.92 Å². The third kappa shape index (κ3) is 6.03. The number of anilines is 2. The molecule has 2 saturated carbocycles. The first kappa shape index (κ1) is 41.1. The maximum Gasteiger partial charge on any atom is 0.416 e. The van der Waals surface area contributed by atoms with Gasteiger partial charge in [0.05, 0.1) is 5.56 Å². The maximum atomic E-state index is 13.7. The van der Waals surface area contributed by atoms with E-state index in [0.717, 1.165) is 49.9 Å². The summed E-state index contributed by atoms with van der Waals surface area (Å²) in [5, 5.41) is 2.73. The van der Waals surface area contributed by atoms with E-state index in [1.807, 2.05) is 0 Å². The second-order valence-corrected chi connectivity index (χ2v) is 22.0. The molecule has 0 spiro atoms. The van der Waals surface area contributed by atoms with Gasteiger partial charge in [0.15, 0.2) is 0 Å². The van der Waals surface area contributed by atoms with Crippen LogP contribution in [0.25, 0.3) is 33.5 Å². The van der Waals surface area contributed by atoms with E-state index < -0.39 is 11.7 Å². The lowest BCUT2D eigenvalue weighted by atomic mass is 9.46. The monoisotopic (exact) mass is 863 g/mol. The Bertz CT molecular complexity index is 2990. The van der Waals surface area contributed by atoms with Gasteiger partial charge in [0.25, 0.3) is 0 Å². The van der Waals surface area contributed by atoms with Gasteiger partial charge in [0.2, 0.25) is 0 Å². The summed E-state index contributed by atoms with van der Waals surface area (Å²) in [7, 11) is 0. The van der Waals surface area contributed by atoms with Crippen molar-refractivity contribution in [1.29, 1.82) is 0 Å². The normalized spacial score (nSPS) is 28.8. The van der Waals surface area contributed by atoms with E-state index in [-0.39, 0.29) is 27.7 Å². The molecule has 6 unspecified atom stereocenters. The zero-order valence-electron chi connectivity index (χ0n) is 38.6. The number of rotatable bonds is 4. The highest BCUT2D eigenvalue weighted by atomic mass is 19.4. The van der Waals surface area contributed by atoms with Gasteiger partial charge in [-0.25, -0.2) is 0 Å². The number of fused-ring (bicyclic) bond motifs is 4. The second kappa shape index (κ2) is 14.3. The predicted octanol–water partition coefficient (Wildman–Crippen LogP) is 16.9. The molecule has 4 heteroatoms. The summed E-state index contributed by atoms with van der Waals surface area (Å²) in [5.74, 6) is 0.487. The van der Waals surface area contributed by atoms with E-state index >= 15 is 0 Å². The molecular formula is C61H60F3N. The number of hydrogen-bond acceptors (Lipinski definition) is 1. The van der Waals surface area contributed by atoms with E-state index in [1.54, 1.807) is 12.1 Å². The highest BCUT2D eigenvalue weighted by molar-refractivity contribution is 6.09. The first-order valence-electron chi connectivity index (χ1n) is 24.5. The summed E-state index contributed by atoms with van der Waals surface area (Å²) in [6, 6.07) is 39.3. The average molecular weight is 864 g/mol. The lowest BCUT2D eigenvalue weighted by Crippen LogP contribution is -2.60. The quantitative estimate of drug-likeness (QED) is 0.171. The third-order valence-corrected chi connectivity index (χ3v) is 18.6. The smallest absolute Gasteiger partial charge is 0.335 e. The van der Waals surface area contributed by atoms with Gasteiger partial charge in [-0.05, 0) is 177 Å². The summed E-state index contributed by atoms with van der Waals surface area (Å²) < 4.78 is 41.2. The molecule has 6 atom stereocenters. The fourth-order valence-electron chi connectivity index (χ4n) is 14.5. The van der Waals surface area contributed by atoms with Crippen molar-refractivity contribution in [3.8, 4) is 11.1 Å². The predicted molar refractivity (Wildman–Crippen MR) is 263 cm³/mol. The Morgan fingerprint density at radius 3 is 2.15 bits per heavy atom. The van der Waals surface area contributed by atoms with Crippen LogP contribution in [0.3, 0.4) is 0 Å². The SMILES string of the molecule is Cc1ccc(C2c3ccc(-c4ccc5c6c7c(ccc46)C=CC(c4ccc6c(c4)CC4(C)CCCCC4(C)N6c4ccc(C(F)(F)F)cc4)C7=CC5)cc3CC3(C)CCCCC23C)cc1. The minimum absolute atomic E-state index is 0.0216. The van der Waals surface area contributed by atoms with Gasteiger partial charge in [-0.15, -0.1) is 0 Å². The van der Waals surface area contributed by atoms with Gasteiger partial charge in [-0.1, -0.05) is 149 Å². The van der Waals surface area contributed by atoms with Crippen LogP contribution in [0.4, 0.5) is 24.5 Å².